The SMILES string of the molecule is CN1CCN(C(CNC(=O)COc2ccc(Cl)cc2)c2ccc3c(c2)CCCN3C)CC1. The summed E-state index contributed by atoms with van der Waals surface area (Å²) in [6, 6.07) is 14.0. The van der Waals surface area contributed by atoms with Crippen LogP contribution in [0.15, 0.2) is 42.5 Å². The number of fused-ring (bicyclic) bond motifs is 1. The summed E-state index contributed by atoms with van der Waals surface area (Å²) in [6.45, 7) is 5.74. The van der Waals surface area contributed by atoms with Crippen LogP contribution in [-0.4, -0.2) is 75.7 Å². The summed E-state index contributed by atoms with van der Waals surface area (Å²) in [5.74, 6) is 0.524. The van der Waals surface area contributed by atoms with Gasteiger partial charge in [-0.2, -0.15) is 0 Å². The van der Waals surface area contributed by atoms with Crippen LogP contribution in [0.5, 0.6) is 5.75 Å². The Morgan fingerprint density at radius 2 is 1.81 bits per heavy atom. The summed E-state index contributed by atoms with van der Waals surface area (Å²) in [5, 5.41) is 3.75. The fraction of sp³-hybridized carbons (Fsp3) is 0.480. The average Bonchev–Trinajstić information content (AvgIpc) is 2.80. The fourth-order valence-electron chi connectivity index (χ4n) is 4.55. The second-order valence-electron chi connectivity index (χ2n) is 8.81. The van der Waals surface area contributed by atoms with E-state index in [1.807, 2.05) is 0 Å². The van der Waals surface area contributed by atoms with Gasteiger partial charge >= 0.3 is 0 Å². The van der Waals surface area contributed by atoms with E-state index in [9.17, 15) is 4.79 Å². The largest absolute Gasteiger partial charge is 0.484 e. The highest BCUT2D eigenvalue weighted by Gasteiger charge is 2.26. The van der Waals surface area contributed by atoms with Gasteiger partial charge in [-0.1, -0.05) is 23.7 Å². The van der Waals surface area contributed by atoms with Crippen molar-refractivity contribution in [2.45, 2.75) is 18.9 Å². The predicted octanol–water partition coefficient (Wildman–Crippen LogP) is 3.21. The molecule has 2 aromatic rings. The molecule has 0 aromatic heterocycles. The Morgan fingerprint density at radius 1 is 1.06 bits per heavy atom. The molecule has 7 heteroatoms. The summed E-state index contributed by atoms with van der Waals surface area (Å²) in [6.07, 6.45) is 2.30. The van der Waals surface area contributed by atoms with Crippen molar-refractivity contribution >= 4 is 23.2 Å². The van der Waals surface area contributed by atoms with E-state index >= 15 is 0 Å². The lowest BCUT2D eigenvalue weighted by atomic mass is 9.95. The Kier molecular flexibility index (Phi) is 7.55. The number of ether oxygens (including phenoxy) is 1. The van der Waals surface area contributed by atoms with Crippen molar-refractivity contribution in [3.05, 3.63) is 58.6 Å². The number of hydrogen-bond donors (Lipinski definition) is 1. The van der Waals surface area contributed by atoms with Gasteiger partial charge in [0.1, 0.15) is 5.75 Å². The normalized spacial score (nSPS) is 18.2. The maximum Gasteiger partial charge on any atom is 0.258 e. The van der Waals surface area contributed by atoms with Crippen molar-refractivity contribution in [3.63, 3.8) is 0 Å². The van der Waals surface area contributed by atoms with Gasteiger partial charge in [-0.3, -0.25) is 9.69 Å². The lowest BCUT2D eigenvalue weighted by Crippen LogP contribution is -2.48. The van der Waals surface area contributed by atoms with Crippen molar-refractivity contribution in [2.24, 2.45) is 0 Å². The number of hydrogen-bond acceptors (Lipinski definition) is 5. The quantitative estimate of drug-likeness (QED) is 0.693. The highest BCUT2D eigenvalue weighted by atomic mass is 35.5. The second kappa shape index (κ2) is 10.6. The van der Waals surface area contributed by atoms with E-state index in [2.05, 4.69) is 52.3 Å². The number of likely N-dealkylation sites (N-methyl/N-ethyl adjacent to an activating group) is 1. The standard InChI is InChI=1S/C25H33ClN4O2/c1-28-12-14-30(15-13-28)24(20-5-10-23-19(16-20)4-3-11-29(23)2)17-27-25(31)18-32-22-8-6-21(26)7-9-22/h5-10,16,24H,3-4,11-15,17-18H2,1-2H3,(H,27,31). The summed E-state index contributed by atoms with van der Waals surface area (Å²) in [7, 11) is 4.33. The van der Waals surface area contributed by atoms with Crippen LogP contribution in [0.1, 0.15) is 23.6 Å². The molecule has 2 aromatic carbocycles. The van der Waals surface area contributed by atoms with Gasteiger partial charge in [-0.05, 0) is 61.3 Å². The van der Waals surface area contributed by atoms with Gasteiger partial charge in [0.15, 0.2) is 6.61 Å². The molecular weight excluding hydrogens is 424 g/mol. The lowest BCUT2D eigenvalue weighted by Gasteiger charge is -2.39. The maximum atomic E-state index is 12.5. The molecule has 6 nitrogen and oxygen atoms in total. The zero-order valence-corrected chi connectivity index (χ0v) is 19.8. The molecule has 1 saturated heterocycles. The summed E-state index contributed by atoms with van der Waals surface area (Å²) in [5.41, 5.74) is 4.02. The number of benzene rings is 2. The number of aryl methyl sites for hydroxylation is 1. The molecule has 0 saturated carbocycles. The Balaban J connectivity index is 1.42. The van der Waals surface area contributed by atoms with Gasteiger partial charge in [0.25, 0.3) is 5.91 Å². The molecule has 1 amide bonds. The summed E-state index contributed by atoms with van der Waals surface area (Å²) in [4.78, 5) is 19.7. The highest BCUT2D eigenvalue weighted by Crippen LogP contribution is 2.31. The van der Waals surface area contributed by atoms with Crippen LogP contribution >= 0.6 is 11.6 Å². The minimum atomic E-state index is -0.114. The van der Waals surface area contributed by atoms with E-state index in [0.717, 1.165) is 39.1 Å². The Labute approximate surface area is 196 Å². The smallest absolute Gasteiger partial charge is 0.258 e. The number of nitrogens with zero attached hydrogens (tertiary/aromatic N) is 3. The third-order valence-electron chi connectivity index (χ3n) is 6.49. The zero-order chi connectivity index (χ0) is 22.5. The van der Waals surface area contributed by atoms with Crippen molar-refractivity contribution < 1.29 is 9.53 Å². The van der Waals surface area contributed by atoms with Crippen molar-refractivity contribution in [1.29, 1.82) is 0 Å². The molecule has 2 heterocycles. The average molecular weight is 457 g/mol. The molecule has 1 atom stereocenters. The van der Waals surface area contributed by atoms with Crippen molar-refractivity contribution in [1.82, 2.24) is 15.1 Å². The Bertz CT molecular complexity index is 913. The van der Waals surface area contributed by atoms with E-state index in [1.165, 1.54) is 23.2 Å². The van der Waals surface area contributed by atoms with Crippen LogP contribution in [-0.2, 0) is 11.2 Å². The minimum Gasteiger partial charge on any atom is -0.484 e. The molecule has 172 valence electrons. The number of anilines is 1. The van der Waals surface area contributed by atoms with E-state index in [-0.39, 0.29) is 18.6 Å². The zero-order valence-electron chi connectivity index (χ0n) is 19.0. The molecule has 1 fully saturated rings. The fourth-order valence-corrected chi connectivity index (χ4v) is 4.67. The molecule has 4 rings (SSSR count). The third-order valence-corrected chi connectivity index (χ3v) is 6.75. The first-order valence-electron chi connectivity index (χ1n) is 11.4. The number of carbonyl (C=O) groups is 1. The summed E-state index contributed by atoms with van der Waals surface area (Å²) < 4.78 is 5.61. The molecule has 0 bridgehead atoms. The molecule has 2 aliphatic heterocycles. The monoisotopic (exact) mass is 456 g/mol. The number of nitrogens with one attached hydrogen (secondary N) is 1. The van der Waals surface area contributed by atoms with Crippen molar-refractivity contribution in [2.75, 3.05) is 64.9 Å². The Morgan fingerprint density at radius 3 is 2.56 bits per heavy atom. The van der Waals surface area contributed by atoms with Crippen LogP contribution in [0.3, 0.4) is 0 Å². The van der Waals surface area contributed by atoms with E-state index in [4.69, 9.17) is 16.3 Å². The maximum absolute atomic E-state index is 12.5. The first-order valence-corrected chi connectivity index (χ1v) is 11.8. The molecule has 0 aliphatic carbocycles. The molecule has 2 aliphatic rings. The molecule has 1 N–H and O–H groups in total. The third kappa shape index (κ3) is 5.74. The highest BCUT2D eigenvalue weighted by molar-refractivity contribution is 6.30. The number of carbonyl (C=O) groups excluding carboxylic acids is 1. The van der Waals surface area contributed by atoms with Gasteiger partial charge < -0.3 is 19.9 Å². The minimum absolute atomic E-state index is 0.00786. The molecule has 32 heavy (non-hydrogen) atoms. The topological polar surface area (TPSA) is 48.1 Å². The van der Waals surface area contributed by atoms with Gasteiger partial charge in [0, 0.05) is 57.0 Å². The number of amides is 1. The lowest BCUT2D eigenvalue weighted by molar-refractivity contribution is -0.123. The van der Waals surface area contributed by atoms with Crippen LogP contribution in [0.25, 0.3) is 0 Å². The van der Waals surface area contributed by atoms with Gasteiger partial charge in [0.2, 0.25) is 0 Å². The first-order chi connectivity index (χ1) is 15.5. The van der Waals surface area contributed by atoms with E-state index in [1.54, 1.807) is 24.3 Å². The number of piperazine rings is 1. The first kappa shape index (κ1) is 22.9. The number of halogens is 1. The Hall–Kier alpha value is -2.28. The molecule has 0 radical (unpaired) electrons. The van der Waals surface area contributed by atoms with E-state index < -0.39 is 0 Å². The molecule has 0 spiro atoms. The molecular formula is C25H33ClN4O2. The second-order valence-corrected chi connectivity index (χ2v) is 9.25. The van der Waals surface area contributed by atoms with Crippen LogP contribution in [0.4, 0.5) is 5.69 Å². The van der Waals surface area contributed by atoms with Gasteiger partial charge in [-0.25, -0.2) is 0 Å². The van der Waals surface area contributed by atoms with Crippen LogP contribution in [0.2, 0.25) is 5.02 Å². The van der Waals surface area contributed by atoms with Crippen LogP contribution < -0.4 is 15.0 Å². The predicted molar refractivity (Wildman–Crippen MR) is 130 cm³/mol. The van der Waals surface area contributed by atoms with Crippen molar-refractivity contribution in [3.8, 4) is 5.75 Å². The van der Waals surface area contributed by atoms with E-state index in [0.29, 0.717) is 17.3 Å². The number of rotatable bonds is 7. The van der Waals surface area contributed by atoms with Crippen LogP contribution in [0, 0.1) is 0 Å². The van der Waals surface area contributed by atoms with Gasteiger partial charge in [-0.15, -0.1) is 0 Å². The summed E-state index contributed by atoms with van der Waals surface area (Å²) >= 11 is 5.91. The molecule has 1 unspecified atom stereocenters. The van der Waals surface area contributed by atoms with Gasteiger partial charge in [0.05, 0.1) is 6.04 Å².